The number of ether oxygens (including phenoxy) is 1. The highest BCUT2D eigenvalue weighted by Gasteiger charge is 2.03. The summed E-state index contributed by atoms with van der Waals surface area (Å²) in [7, 11) is 0. The van der Waals surface area contributed by atoms with Crippen LogP contribution in [0.2, 0.25) is 0 Å². The first kappa shape index (κ1) is 20.6. The number of hydrogen-bond acceptors (Lipinski definition) is 6. The van der Waals surface area contributed by atoms with Crippen LogP contribution < -0.4 is 10.2 Å². The summed E-state index contributed by atoms with van der Waals surface area (Å²) in [5.74, 6) is 0.751. The van der Waals surface area contributed by atoms with Crippen molar-refractivity contribution in [2.45, 2.75) is 11.8 Å². The molecule has 0 aliphatic carbocycles. The number of hydrazone groups is 1. The van der Waals surface area contributed by atoms with Crippen LogP contribution in [0.3, 0.4) is 0 Å². The largest absolute Gasteiger partial charge is 0.489 e. The smallest absolute Gasteiger partial charge is 0.250 e. The van der Waals surface area contributed by atoms with E-state index in [1.807, 2.05) is 36.4 Å². The van der Waals surface area contributed by atoms with Gasteiger partial charge in [0.1, 0.15) is 12.4 Å². The van der Waals surface area contributed by atoms with E-state index in [2.05, 4.69) is 50.8 Å². The highest BCUT2D eigenvalue weighted by Crippen LogP contribution is 2.18. The lowest BCUT2D eigenvalue weighted by Gasteiger charge is -2.07. The first-order valence-electron chi connectivity index (χ1n) is 9.68. The van der Waals surface area contributed by atoms with E-state index >= 15 is 0 Å². The first-order valence-corrected chi connectivity index (χ1v) is 10.7. The molecule has 0 spiro atoms. The third-order valence-electron chi connectivity index (χ3n) is 4.38. The molecule has 0 atom stereocenters. The average Bonchev–Trinajstić information content (AvgIpc) is 2.83. The van der Waals surface area contributed by atoms with Gasteiger partial charge in [0.05, 0.1) is 12.0 Å². The molecule has 7 heteroatoms. The summed E-state index contributed by atoms with van der Waals surface area (Å²) in [6, 6.07) is 23.9. The number of amides is 1. The predicted octanol–water partition coefficient (Wildman–Crippen LogP) is 4.45. The van der Waals surface area contributed by atoms with E-state index in [1.54, 1.807) is 24.7 Å². The maximum Gasteiger partial charge on any atom is 0.250 e. The summed E-state index contributed by atoms with van der Waals surface area (Å²) in [6.07, 6.45) is 4.87. The molecule has 154 valence electrons. The third kappa shape index (κ3) is 6.13. The average molecular weight is 429 g/mol. The molecule has 0 aliphatic rings. The highest BCUT2D eigenvalue weighted by molar-refractivity contribution is 7.99. The number of carbonyl (C=O) groups excluding carboxylic acids is 1. The second kappa shape index (κ2) is 10.4. The molecule has 1 heterocycles. The van der Waals surface area contributed by atoms with Crippen molar-refractivity contribution in [1.29, 1.82) is 0 Å². The second-order valence-electron chi connectivity index (χ2n) is 6.65. The number of thioether (sulfide) groups is 1. The molecule has 0 fully saturated rings. The normalized spacial score (nSPS) is 11.0. The number of nitrogens with zero attached hydrogens (tertiary/aromatic N) is 3. The van der Waals surface area contributed by atoms with Crippen LogP contribution in [-0.4, -0.2) is 27.8 Å². The maximum absolute atomic E-state index is 11.8. The fourth-order valence-corrected chi connectivity index (χ4v) is 3.44. The zero-order chi connectivity index (χ0) is 21.3. The Labute approximate surface area is 184 Å². The summed E-state index contributed by atoms with van der Waals surface area (Å²) in [6.45, 7) is 0.497. The number of hydrogen-bond donors (Lipinski definition) is 1. The van der Waals surface area contributed by atoms with Gasteiger partial charge in [0.2, 0.25) is 0 Å². The van der Waals surface area contributed by atoms with Crippen LogP contribution in [0.15, 0.2) is 95.4 Å². The molecule has 0 saturated carbocycles. The lowest BCUT2D eigenvalue weighted by molar-refractivity contribution is -0.118. The first-order chi connectivity index (χ1) is 15.3. The van der Waals surface area contributed by atoms with Crippen molar-refractivity contribution in [3.05, 3.63) is 96.3 Å². The monoisotopic (exact) mass is 428 g/mol. The molecule has 1 N–H and O–H groups in total. The second-order valence-corrected chi connectivity index (χ2v) is 7.59. The van der Waals surface area contributed by atoms with E-state index in [0.29, 0.717) is 11.8 Å². The third-order valence-corrected chi connectivity index (χ3v) is 5.25. The molecule has 1 aromatic heterocycles. The molecule has 0 saturated heterocycles. The molecule has 0 radical (unpaired) electrons. The van der Waals surface area contributed by atoms with Crippen molar-refractivity contribution < 1.29 is 9.53 Å². The van der Waals surface area contributed by atoms with Crippen molar-refractivity contribution in [2.24, 2.45) is 5.10 Å². The molecule has 0 aliphatic heterocycles. The lowest BCUT2D eigenvalue weighted by atomic mass is 10.1. The predicted molar refractivity (Wildman–Crippen MR) is 123 cm³/mol. The summed E-state index contributed by atoms with van der Waals surface area (Å²) in [5, 5.41) is 6.96. The number of nitrogens with one attached hydrogen (secondary N) is 1. The molecule has 0 unspecified atom stereocenters. The summed E-state index contributed by atoms with van der Waals surface area (Å²) in [4.78, 5) is 20.0. The summed E-state index contributed by atoms with van der Waals surface area (Å²) >= 11 is 1.26. The van der Waals surface area contributed by atoms with Gasteiger partial charge in [-0.15, -0.1) is 0 Å². The Kier molecular flexibility index (Phi) is 6.87. The van der Waals surface area contributed by atoms with Gasteiger partial charge in [-0.1, -0.05) is 48.2 Å². The van der Waals surface area contributed by atoms with Crippen LogP contribution >= 0.6 is 11.8 Å². The number of aromatic nitrogens is 2. The van der Waals surface area contributed by atoms with Crippen molar-refractivity contribution in [3.63, 3.8) is 0 Å². The lowest BCUT2D eigenvalue weighted by Crippen LogP contribution is -2.19. The molecular weight excluding hydrogens is 408 g/mol. The minimum atomic E-state index is -0.218. The summed E-state index contributed by atoms with van der Waals surface area (Å²) in [5.41, 5.74) is 4.48. The van der Waals surface area contributed by atoms with E-state index < -0.39 is 0 Å². The standard InChI is InChI=1S/C24H20N4O2S/c29-23(17-31-24-25-12-3-13-26-24)28-27-15-18-7-10-22(11-8-18)30-16-19-6-9-20-4-1-2-5-21(20)14-19/h1-15H,16-17H2,(H,28,29)/b27-15-. The highest BCUT2D eigenvalue weighted by atomic mass is 32.2. The van der Waals surface area contributed by atoms with Crippen molar-refractivity contribution in [2.75, 3.05) is 5.75 Å². The molecule has 1 amide bonds. The maximum atomic E-state index is 11.8. The van der Waals surface area contributed by atoms with E-state index in [9.17, 15) is 4.79 Å². The van der Waals surface area contributed by atoms with Crippen LogP contribution in [0, 0.1) is 0 Å². The Hall–Kier alpha value is -3.71. The zero-order valence-electron chi connectivity index (χ0n) is 16.6. The van der Waals surface area contributed by atoms with Crippen molar-refractivity contribution in [1.82, 2.24) is 15.4 Å². The van der Waals surface area contributed by atoms with E-state index in [1.165, 1.54) is 22.5 Å². The van der Waals surface area contributed by atoms with Gasteiger partial charge in [-0.05, 0) is 58.3 Å². The van der Waals surface area contributed by atoms with Gasteiger partial charge in [-0.2, -0.15) is 5.10 Å². The number of fused-ring (bicyclic) bond motifs is 1. The molecule has 4 aromatic rings. The van der Waals surface area contributed by atoms with Gasteiger partial charge >= 0.3 is 0 Å². The minimum Gasteiger partial charge on any atom is -0.489 e. The van der Waals surface area contributed by atoms with Crippen LogP contribution in [0.5, 0.6) is 5.75 Å². The molecule has 4 rings (SSSR count). The van der Waals surface area contributed by atoms with E-state index in [4.69, 9.17) is 4.74 Å². The van der Waals surface area contributed by atoms with Crippen molar-refractivity contribution >= 4 is 34.7 Å². The van der Waals surface area contributed by atoms with E-state index in [-0.39, 0.29) is 11.7 Å². The topological polar surface area (TPSA) is 76.5 Å². The zero-order valence-corrected chi connectivity index (χ0v) is 17.5. The number of rotatable bonds is 8. The van der Waals surface area contributed by atoms with Gasteiger partial charge < -0.3 is 4.74 Å². The van der Waals surface area contributed by atoms with Crippen LogP contribution in [0.25, 0.3) is 10.8 Å². The van der Waals surface area contributed by atoms with E-state index in [0.717, 1.165) is 16.9 Å². The van der Waals surface area contributed by atoms with Gasteiger partial charge in [0.25, 0.3) is 5.91 Å². The molecule has 3 aromatic carbocycles. The van der Waals surface area contributed by atoms with Crippen LogP contribution in [-0.2, 0) is 11.4 Å². The molecular formula is C24H20N4O2S. The Bertz CT molecular complexity index is 1180. The van der Waals surface area contributed by atoms with Crippen LogP contribution in [0.1, 0.15) is 11.1 Å². The molecule has 31 heavy (non-hydrogen) atoms. The number of carbonyl (C=O) groups is 1. The van der Waals surface area contributed by atoms with Gasteiger partial charge in [-0.25, -0.2) is 15.4 Å². The Morgan fingerprint density at radius 2 is 1.74 bits per heavy atom. The number of benzene rings is 3. The van der Waals surface area contributed by atoms with Crippen molar-refractivity contribution in [3.8, 4) is 5.75 Å². The molecule has 0 bridgehead atoms. The fourth-order valence-electron chi connectivity index (χ4n) is 2.85. The van der Waals surface area contributed by atoms with Crippen LogP contribution in [0.4, 0.5) is 0 Å². The summed E-state index contributed by atoms with van der Waals surface area (Å²) < 4.78 is 5.88. The Morgan fingerprint density at radius 1 is 0.968 bits per heavy atom. The fraction of sp³-hybridized carbons (Fsp3) is 0.0833. The van der Waals surface area contributed by atoms with Gasteiger partial charge in [0.15, 0.2) is 5.16 Å². The van der Waals surface area contributed by atoms with Gasteiger partial charge in [0, 0.05) is 12.4 Å². The Morgan fingerprint density at radius 3 is 2.55 bits per heavy atom. The quantitative estimate of drug-likeness (QED) is 0.194. The minimum absolute atomic E-state index is 0.197. The Balaban J connectivity index is 1.24. The SMILES string of the molecule is O=C(CSc1ncccn1)N/N=C\c1ccc(OCc2ccc3ccccc3c2)cc1. The van der Waals surface area contributed by atoms with Gasteiger partial charge in [-0.3, -0.25) is 4.79 Å². The molecule has 6 nitrogen and oxygen atoms in total.